The molecule has 5 atom stereocenters. The summed E-state index contributed by atoms with van der Waals surface area (Å²) >= 11 is 0. The lowest BCUT2D eigenvalue weighted by Gasteiger charge is -2.61. The van der Waals surface area contributed by atoms with E-state index >= 15 is 0 Å². The van der Waals surface area contributed by atoms with Gasteiger partial charge in [-0.15, -0.1) is 0 Å². The second kappa shape index (κ2) is 4.90. The van der Waals surface area contributed by atoms with E-state index in [1.54, 1.807) is 0 Å². The first-order valence-electron chi connectivity index (χ1n) is 8.33. The number of aliphatic hydroxyl groups excluding tert-OH is 4. The van der Waals surface area contributed by atoms with E-state index in [1.807, 2.05) is 0 Å². The minimum absolute atomic E-state index is 0.0668. The summed E-state index contributed by atoms with van der Waals surface area (Å²) in [6, 6.07) is 0. The van der Waals surface area contributed by atoms with Crippen LogP contribution in [0.2, 0.25) is 0 Å². The number of hydrogen-bond donors (Lipinski definition) is 4. The van der Waals surface area contributed by atoms with Gasteiger partial charge in [-0.05, 0) is 56.3 Å². The van der Waals surface area contributed by atoms with Crippen LogP contribution in [0.25, 0.3) is 0 Å². The van der Waals surface area contributed by atoms with Gasteiger partial charge in [0, 0.05) is 5.41 Å². The molecular formula is C16H26O5. The van der Waals surface area contributed by atoms with Crippen LogP contribution in [0.4, 0.5) is 0 Å². The quantitative estimate of drug-likeness (QED) is 0.578. The van der Waals surface area contributed by atoms with E-state index in [9.17, 15) is 20.4 Å². The summed E-state index contributed by atoms with van der Waals surface area (Å²) < 4.78 is 5.91. The number of rotatable bonds is 2. The maximum absolute atomic E-state index is 10.5. The highest BCUT2D eigenvalue weighted by Crippen LogP contribution is 2.62. The van der Waals surface area contributed by atoms with E-state index in [2.05, 4.69) is 0 Å². The maximum Gasteiger partial charge on any atom is 0.111 e. The lowest BCUT2D eigenvalue weighted by atomic mass is 9.47. The standard InChI is InChI=1S/C16H26O5/c17-7-11-12(18)13(19)14(20)15(21-11)16-4-8-1-9(5-16)3-10(2-8)6-16/h8-15,17-20H,1-7H2/t8?,9?,10?,11-,12-,13+,14-,15?,16?/m1/s1. The monoisotopic (exact) mass is 298 g/mol. The molecule has 0 radical (unpaired) electrons. The first-order valence-corrected chi connectivity index (χ1v) is 8.33. The van der Waals surface area contributed by atoms with Crippen molar-refractivity contribution in [1.29, 1.82) is 0 Å². The van der Waals surface area contributed by atoms with Gasteiger partial charge in [-0.3, -0.25) is 0 Å². The van der Waals surface area contributed by atoms with Crippen LogP contribution >= 0.6 is 0 Å². The Balaban J connectivity index is 1.62. The molecule has 5 heteroatoms. The van der Waals surface area contributed by atoms with E-state index in [0.717, 1.165) is 37.0 Å². The van der Waals surface area contributed by atoms with Crippen LogP contribution < -0.4 is 0 Å². The van der Waals surface area contributed by atoms with Crippen LogP contribution in [0.3, 0.4) is 0 Å². The molecular weight excluding hydrogens is 272 g/mol. The van der Waals surface area contributed by atoms with Crippen molar-refractivity contribution in [3.05, 3.63) is 0 Å². The summed E-state index contributed by atoms with van der Waals surface area (Å²) in [6.45, 7) is -0.326. The van der Waals surface area contributed by atoms with Gasteiger partial charge in [0.2, 0.25) is 0 Å². The molecule has 0 aromatic heterocycles. The molecule has 5 fully saturated rings. The van der Waals surface area contributed by atoms with Gasteiger partial charge in [0.1, 0.15) is 24.4 Å². The molecule has 0 spiro atoms. The van der Waals surface area contributed by atoms with Gasteiger partial charge >= 0.3 is 0 Å². The molecule has 0 aromatic rings. The zero-order valence-electron chi connectivity index (χ0n) is 12.3. The summed E-state index contributed by atoms with van der Waals surface area (Å²) in [6.07, 6.45) is 2.33. The minimum atomic E-state index is -1.23. The molecule has 4 N–H and O–H groups in total. The third-order valence-corrected chi connectivity index (χ3v) is 6.58. The molecule has 5 rings (SSSR count). The minimum Gasteiger partial charge on any atom is -0.394 e. The largest absolute Gasteiger partial charge is 0.394 e. The summed E-state index contributed by atoms with van der Waals surface area (Å²) in [4.78, 5) is 0. The Hall–Kier alpha value is -0.200. The van der Waals surface area contributed by atoms with Crippen LogP contribution in [0, 0.1) is 23.2 Å². The third kappa shape index (κ3) is 2.09. The van der Waals surface area contributed by atoms with Gasteiger partial charge in [-0.2, -0.15) is 0 Å². The number of hydrogen-bond acceptors (Lipinski definition) is 5. The molecule has 21 heavy (non-hydrogen) atoms. The molecule has 5 nitrogen and oxygen atoms in total. The van der Waals surface area contributed by atoms with Gasteiger partial charge in [0.05, 0.1) is 12.7 Å². The molecule has 4 saturated carbocycles. The van der Waals surface area contributed by atoms with Crippen LogP contribution in [0.1, 0.15) is 38.5 Å². The molecule has 4 bridgehead atoms. The van der Waals surface area contributed by atoms with Gasteiger partial charge < -0.3 is 25.2 Å². The Kier molecular flexibility index (Phi) is 3.36. The topological polar surface area (TPSA) is 90.2 Å². The summed E-state index contributed by atoms with van der Waals surface area (Å²) in [5.74, 6) is 2.18. The molecule has 1 heterocycles. The van der Waals surface area contributed by atoms with Crippen molar-refractivity contribution in [3.8, 4) is 0 Å². The molecule has 0 amide bonds. The SMILES string of the molecule is OC[C@H]1OC(C23CC4CC(CC(C4)C2)C3)[C@H](O)[C@@H](O)[C@@H]1O. The van der Waals surface area contributed by atoms with Crippen LogP contribution in [-0.2, 0) is 4.74 Å². The Morgan fingerprint density at radius 2 is 1.33 bits per heavy atom. The summed E-state index contributed by atoms with van der Waals surface area (Å²) in [5.41, 5.74) is -0.0668. The van der Waals surface area contributed by atoms with Crippen LogP contribution in [0.15, 0.2) is 0 Å². The van der Waals surface area contributed by atoms with Crippen molar-refractivity contribution in [3.63, 3.8) is 0 Å². The second-order valence-corrected chi connectivity index (χ2v) is 8.03. The van der Waals surface area contributed by atoms with Crippen molar-refractivity contribution in [2.45, 2.75) is 69.0 Å². The van der Waals surface area contributed by atoms with Crippen molar-refractivity contribution in [1.82, 2.24) is 0 Å². The average molecular weight is 298 g/mol. The first kappa shape index (κ1) is 14.4. The van der Waals surface area contributed by atoms with E-state index in [4.69, 9.17) is 4.74 Å². The predicted octanol–water partition coefficient (Wildman–Crippen LogP) is 0.0452. The number of aliphatic hydroxyl groups is 4. The highest BCUT2D eigenvalue weighted by Gasteiger charge is 2.59. The van der Waals surface area contributed by atoms with Crippen molar-refractivity contribution in [2.75, 3.05) is 6.61 Å². The van der Waals surface area contributed by atoms with Crippen molar-refractivity contribution < 1.29 is 25.2 Å². The normalized spacial score (nSPS) is 59.4. The Bertz CT molecular complexity index is 374. The molecule has 4 aliphatic carbocycles. The molecule has 0 aromatic carbocycles. The highest BCUT2D eigenvalue weighted by molar-refractivity contribution is 5.09. The zero-order valence-corrected chi connectivity index (χ0v) is 12.3. The number of ether oxygens (including phenoxy) is 1. The molecule has 1 unspecified atom stereocenters. The lowest BCUT2D eigenvalue weighted by molar-refractivity contribution is -0.276. The Morgan fingerprint density at radius 3 is 1.81 bits per heavy atom. The van der Waals surface area contributed by atoms with E-state index in [-0.39, 0.29) is 12.0 Å². The van der Waals surface area contributed by atoms with Crippen LogP contribution in [-0.4, -0.2) is 57.6 Å². The molecule has 1 saturated heterocycles. The van der Waals surface area contributed by atoms with E-state index in [1.165, 1.54) is 19.3 Å². The first-order chi connectivity index (χ1) is 10.0. The van der Waals surface area contributed by atoms with Crippen molar-refractivity contribution >= 4 is 0 Å². The highest BCUT2D eigenvalue weighted by atomic mass is 16.5. The molecule has 5 aliphatic rings. The Morgan fingerprint density at radius 1 is 0.810 bits per heavy atom. The van der Waals surface area contributed by atoms with E-state index in [0.29, 0.717) is 0 Å². The fourth-order valence-corrected chi connectivity index (χ4v) is 6.13. The van der Waals surface area contributed by atoms with Gasteiger partial charge in [-0.25, -0.2) is 0 Å². The van der Waals surface area contributed by atoms with Crippen molar-refractivity contribution in [2.24, 2.45) is 23.2 Å². The Labute approximate surface area is 124 Å². The fraction of sp³-hybridized carbons (Fsp3) is 1.00. The average Bonchev–Trinajstić information content (AvgIpc) is 2.43. The van der Waals surface area contributed by atoms with Crippen LogP contribution in [0.5, 0.6) is 0 Å². The molecule has 120 valence electrons. The fourth-order valence-electron chi connectivity index (χ4n) is 6.13. The second-order valence-electron chi connectivity index (χ2n) is 8.03. The van der Waals surface area contributed by atoms with Gasteiger partial charge in [0.15, 0.2) is 0 Å². The van der Waals surface area contributed by atoms with Gasteiger partial charge in [0.25, 0.3) is 0 Å². The lowest BCUT2D eigenvalue weighted by Crippen LogP contribution is -2.65. The van der Waals surface area contributed by atoms with E-state index < -0.39 is 30.5 Å². The zero-order chi connectivity index (χ0) is 14.8. The maximum atomic E-state index is 10.5. The summed E-state index contributed by atoms with van der Waals surface area (Å²) in [5, 5.41) is 39.9. The van der Waals surface area contributed by atoms with Gasteiger partial charge in [-0.1, -0.05) is 0 Å². The molecule has 1 aliphatic heterocycles. The predicted molar refractivity (Wildman–Crippen MR) is 74.4 cm³/mol. The summed E-state index contributed by atoms with van der Waals surface area (Å²) in [7, 11) is 0. The smallest absolute Gasteiger partial charge is 0.111 e. The third-order valence-electron chi connectivity index (χ3n) is 6.58.